The fourth-order valence-electron chi connectivity index (χ4n) is 4.51. The monoisotopic (exact) mass is 414 g/mol. The van der Waals surface area contributed by atoms with Crippen LogP contribution in [0, 0.1) is 5.82 Å². The lowest BCUT2D eigenvalue weighted by atomic mass is 9.91. The molecule has 4 aromatic rings. The van der Waals surface area contributed by atoms with Crippen molar-refractivity contribution in [3.05, 3.63) is 101 Å². The van der Waals surface area contributed by atoms with Gasteiger partial charge in [0.05, 0.1) is 12.6 Å². The first kappa shape index (κ1) is 19.4. The average molecular weight is 414 g/mol. The summed E-state index contributed by atoms with van der Waals surface area (Å²) in [6.07, 6.45) is 0.744. The van der Waals surface area contributed by atoms with Crippen LogP contribution in [0.15, 0.2) is 72.8 Å². The third-order valence-electron chi connectivity index (χ3n) is 5.87. The van der Waals surface area contributed by atoms with Gasteiger partial charge in [0, 0.05) is 28.7 Å². The van der Waals surface area contributed by atoms with E-state index in [4.69, 9.17) is 4.74 Å². The van der Waals surface area contributed by atoms with Gasteiger partial charge in [-0.05, 0) is 60.9 Å². The number of aromatic amines is 1. The van der Waals surface area contributed by atoms with Gasteiger partial charge < -0.3 is 14.6 Å². The molecule has 0 saturated carbocycles. The van der Waals surface area contributed by atoms with Gasteiger partial charge in [-0.1, -0.05) is 36.4 Å². The van der Waals surface area contributed by atoms with Crippen LogP contribution in [0.5, 0.6) is 5.75 Å². The maximum absolute atomic E-state index is 13.8. The van der Waals surface area contributed by atoms with Gasteiger partial charge in [0.1, 0.15) is 11.6 Å². The number of carbonyl (C=O) groups excluding carboxylic acids is 1. The number of ether oxygens (including phenoxy) is 1. The number of nitrogens with one attached hydrogen (secondary N) is 1. The van der Waals surface area contributed by atoms with Crippen LogP contribution < -0.4 is 4.74 Å². The zero-order valence-electron chi connectivity index (χ0n) is 17.3. The maximum Gasteiger partial charge on any atom is 0.254 e. The average Bonchev–Trinajstić information content (AvgIpc) is 3.17. The summed E-state index contributed by atoms with van der Waals surface area (Å²) in [6, 6.07) is 21.7. The van der Waals surface area contributed by atoms with E-state index in [2.05, 4.69) is 17.1 Å². The molecule has 0 radical (unpaired) electrons. The fourth-order valence-corrected chi connectivity index (χ4v) is 4.51. The van der Waals surface area contributed by atoms with Crippen molar-refractivity contribution in [1.29, 1.82) is 0 Å². The van der Waals surface area contributed by atoms with E-state index in [1.807, 2.05) is 48.2 Å². The number of fused-ring (bicyclic) bond motifs is 3. The summed E-state index contributed by atoms with van der Waals surface area (Å²) in [5, 5.41) is 1.19. The van der Waals surface area contributed by atoms with Crippen molar-refractivity contribution >= 4 is 16.8 Å². The van der Waals surface area contributed by atoms with Crippen LogP contribution in [-0.4, -0.2) is 28.9 Å². The third-order valence-corrected chi connectivity index (χ3v) is 5.87. The number of aromatic nitrogens is 1. The molecule has 0 fully saturated rings. The van der Waals surface area contributed by atoms with Crippen LogP contribution in [0.4, 0.5) is 4.39 Å². The predicted octanol–water partition coefficient (Wildman–Crippen LogP) is 5.49. The zero-order valence-corrected chi connectivity index (χ0v) is 17.3. The zero-order chi connectivity index (χ0) is 21.4. The Morgan fingerprint density at radius 2 is 1.90 bits per heavy atom. The summed E-state index contributed by atoms with van der Waals surface area (Å²) in [4.78, 5) is 18.8. The first-order valence-electron chi connectivity index (χ1n) is 10.5. The number of benzene rings is 3. The van der Waals surface area contributed by atoms with E-state index in [1.54, 1.807) is 12.1 Å². The van der Waals surface area contributed by atoms with E-state index in [9.17, 15) is 9.18 Å². The van der Waals surface area contributed by atoms with Gasteiger partial charge in [-0.15, -0.1) is 0 Å². The fraction of sp³-hybridized carbons (Fsp3) is 0.192. The molecular weight excluding hydrogens is 391 g/mol. The lowest BCUT2D eigenvalue weighted by molar-refractivity contribution is 0.0691. The summed E-state index contributed by atoms with van der Waals surface area (Å²) in [7, 11) is 0. The molecule has 2 heterocycles. The number of hydrogen-bond donors (Lipinski definition) is 1. The molecule has 0 unspecified atom stereocenters. The number of para-hydroxylation sites is 1. The molecule has 4 nitrogen and oxygen atoms in total. The second-order valence-corrected chi connectivity index (χ2v) is 7.73. The number of hydrogen-bond acceptors (Lipinski definition) is 2. The van der Waals surface area contributed by atoms with Gasteiger partial charge in [-0.25, -0.2) is 4.39 Å². The van der Waals surface area contributed by atoms with Gasteiger partial charge in [0.15, 0.2) is 0 Å². The molecule has 1 amide bonds. The first-order chi connectivity index (χ1) is 15.2. The molecule has 0 spiro atoms. The van der Waals surface area contributed by atoms with Crippen LogP contribution >= 0.6 is 0 Å². The third kappa shape index (κ3) is 3.46. The molecule has 1 N–H and O–H groups in total. The SMILES string of the molecule is CCOc1ccc([C@H]2c3[nH]c4ccccc4c3CCN2C(=O)c2cccc(F)c2)cc1. The van der Waals surface area contributed by atoms with Crippen LogP contribution in [0.2, 0.25) is 0 Å². The standard InChI is InChI=1S/C26H23FN2O2/c1-2-31-20-12-10-17(11-13-20)25-24-22(21-8-3-4-9-23(21)28-24)14-15-29(25)26(30)18-6-5-7-19(27)16-18/h3-13,16,25,28H,2,14-15H2,1H3/t25-/m0/s1. The molecule has 0 saturated heterocycles. The second-order valence-electron chi connectivity index (χ2n) is 7.73. The van der Waals surface area contributed by atoms with Gasteiger partial charge in [-0.3, -0.25) is 4.79 Å². The summed E-state index contributed by atoms with van der Waals surface area (Å²) in [5.41, 5.74) is 4.65. The Kier molecular flexibility index (Phi) is 4.94. The Hall–Kier alpha value is -3.60. The molecule has 1 atom stereocenters. The number of amides is 1. The van der Waals surface area contributed by atoms with E-state index in [0.29, 0.717) is 18.7 Å². The molecule has 1 aliphatic heterocycles. The van der Waals surface area contributed by atoms with Crippen molar-refractivity contribution in [3.63, 3.8) is 0 Å². The molecule has 0 aliphatic carbocycles. The molecule has 156 valence electrons. The van der Waals surface area contributed by atoms with Crippen molar-refractivity contribution in [2.24, 2.45) is 0 Å². The molecule has 31 heavy (non-hydrogen) atoms. The lowest BCUT2D eigenvalue weighted by Gasteiger charge is -2.36. The van der Waals surface area contributed by atoms with Crippen LogP contribution in [-0.2, 0) is 6.42 Å². The summed E-state index contributed by atoms with van der Waals surface area (Å²) in [6.45, 7) is 3.10. The van der Waals surface area contributed by atoms with Crippen LogP contribution in [0.3, 0.4) is 0 Å². The second kappa shape index (κ2) is 7.91. The van der Waals surface area contributed by atoms with Crippen molar-refractivity contribution in [2.75, 3.05) is 13.2 Å². The van der Waals surface area contributed by atoms with Gasteiger partial charge in [0.2, 0.25) is 0 Å². The smallest absolute Gasteiger partial charge is 0.254 e. The van der Waals surface area contributed by atoms with E-state index in [0.717, 1.165) is 28.9 Å². The molecule has 3 aromatic carbocycles. The molecule has 5 heteroatoms. The van der Waals surface area contributed by atoms with E-state index < -0.39 is 5.82 Å². The Balaban J connectivity index is 1.63. The van der Waals surface area contributed by atoms with E-state index in [1.165, 1.54) is 23.1 Å². The van der Waals surface area contributed by atoms with Crippen LogP contribution in [0.1, 0.15) is 40.1 Å². The summed E-state index contributed by atoms with van der Waals surface area (Å²) >= 11 is 0. The highest BCUT2D eigenvalue weighted by Crippen LogP contribution is 2.39. The first-order valence-corrected chi connectivity index (χ1v) is 10.5. The molecule has 1 aliphatic rings. The van der Waals surface area contributed by atoms with Gasteiger partial charge >= 0.3 is 0 Å². The van der Waals surface area contributed by atoms with Crippen molar-refractivity contribution in [3.8, 4) is 5.75 Å². The Bertz CT molecular complexity index is 1250. The molecule has 5 rings (SSSR count). The van der Waals surface area contributed by atoms with Crippen molar-refractivity contribution in [2.45, 2.75) is 19.4 Å². The van der Waals surface area contributed by atoms with E-state index in [-0.39, 0.29) is 11.9 Å². The Labute approximate surface area is 180 Å². The minimum atomic E-state index is -0.410. The van der Waals surface area contributed by atoms with Crippen molar-refractivity contribution in [1.82, 2.24) is 9.88 Å². The largest absolute Gasteiger partial charge is 0.494 e. The normalized spacial score (nSPS) is 15.7. The number of nitrogens with zero attached hydrogens (tertiary/aromatic N) is 1. The highest BCUT2D eigenvalue weighted by molar-refractivity contribution is 5.95. The number of halogens is 1. The quantitative estimate of drug-likeness (QED) is 0.480. The number of carbonyl (C=O) groups is 1. The maximum atomic E-state index is 13.8. The van der Waals surface area contributed by atoms with Gasteiger partial charge in [-0.2, -0.15) is 0 Å². The van der Waals surface area contributed by atoms with Crippen molar-refractivity contribution < 1.29 is 13.9 Å². The Morgan fingerprint density at radius 3 is 2.68 bits per heavy atom. The van der Waals surface area contributed by atoms with Gasteiger partial charge in [0.25, 0.3) is 5.91 Å². The minimum absolute atomic E-state index is 0.178. The number of rotatable bonds is 4. The Morgan fingerprint density at radius 1 is 1.10 bits per heavy atom. The highest BCUT2D eigenvalue weighted by atomic mass is 19.1. The summed E-state index contributed by atoms with van der Waals surface area (Å²) < 4.78 is 19.4. The summed E-state index contributed by atoms with van der Waals surface area (Å²) in [5.74, 6) is 0.205. The van der Waals surface area contributed by atoms with Crippen LogP contribution in [0.25, 0.3) is 10.9 Å². The lowest BCUT2D eigenvalue weighted by Crippen LogP contribution is -2.40. The molecular formula is C26H23FN2O2. The minimum Gasteiger partial charge on any atom is -0.494 e. The molecule has 0 bridgehead atoms. The van der Waals surface area contributed by atoms with E-state index >= 15 is 0 Å². The predicted molar refractivity (Wildman–Crippen MR) is 119 cm³/mol. The number of H-pyrrole nitrogens is 1. The molecule has 1 aromatic heterocycles. The topological polar surface area (TPSA) is 45.3 Å². The highest BCUT2D eigenvalue weighted by Gasteiger charge is 2.35.